The first-order valence-corrected chi connectivity index (χ1v) is 6.21. The van der Waals surface area contributed by atoms with E-state index in [2.05, 4.69) is 29.4 Å². The maximum Gasteiger partial charge on any atom is 0.354 e. The number of nitrogens with zero attached hydrogens (tertiary/aromatic N) is 1. The second kappa shape index (κ2) is 6.00. The monoisotopic (exact) mass is 256 g/mol. The summed E-state index contributed by atoms with van der Waals surface area (Å²) in [5, 5.41) is 12.3. The molecule has 0 aliphatic rings. The van der Waals surface area contributed by atoms with Crippen molar-refractivity contribution in [3.8, 4) is 0 Å². The van der Waals surface area contributed by atoms with Crippen molar-refractivity contribution < 1.29 is 9.90 Å². The van der Waals surface area contributed by atoms with E-state index in [0.29, 0.717) is 0 Å². The average Bonchev–Trinajstić information content (AvgIpc) is 2.46. The zero-order valence-electron chi connectivity index (χ0n) is 10.7. The van der Waals surface area contributed by atoms with Gasteiger partial charge in [0.2, 0.25) is 0 Å². The molecule has 1 aromatic carbocycles. The van der Waals surface area contributed by atoms with Crippen LogP contribution in [0.4, 0.5) is 5.69 Å². The minimum atomic E-state index is -1.02. The summed E-state index contributed by atoms with van der Waals surface area (Å²) in [5.41, 5.74) is 2.00. The van der Waals surface area contributed by atoms with Crippen molar-refractivity contribution in [1.29, 1.82) is 0 Å². The summed E-state index contributed by atoms with van der Waals surface area (Å²) in [5.74, 6) is -1.02. The molecular formula is C15H16N2O2. The predicted molar refractivity (Wildman–Crippen MR) is 74.3 cm³/mol. The van der Waals surface area contributed by atoms with Crippen molar-refractivity contribution >= 4 is 11.7 Å². The minimum Gasteiger partial charge on any atom is -0.477 e. The molecule has 0 saturated heterocycles. The van der Waals surface area contributed by atoms with Gasteiger partial charge in [-0.1, -0.05) is 37.3 Å². The molecule has 4 nitrogen and oxygen atoms in total. The van der Waals surface area contributed by atoms with Crippen molar-refractivity contribution in [3.05, 3.63) is 59.9 Å². The molecule has 2 aromatic rings. The van der Waals surface area contributed by atoms with Gasteiger partial charge in [0.15, 0.2) is 0 Å². The molecule has 4 heteroatoms. The molecule has 1 heterocycles. The molecule has 0 amide bonds. The number of carboxylic acids is 1. The summed E-state index contributed by atoms with van der Waals surface area (Å²) in [6.45, 7) is 2.09. The Bertz CT molecular complexity index is 555. The Kier molecular flexibility index (Phi) is 4.13. The normalized spacial score (nSPS) is 11.8. The van der Waals surface area contributed by atoms with E-state index in [4.69, 9.17) is 5.11 Å². The van der Waals surface area contributed by atoms with Crippen LogP contribution in [-0.2, 0) is 0 Å². The van der Waals surface area contributed by atoms with Crippen LogP contribution in [0.2, 0.25) is 0 Å². The molecule has 1 unspecified atom stereocenters. The Morgan fingerprint density at radius 2 is 2.05 bits per heavy atom. The largest absolute Gasteiger partial charge is 0.477 e. The highest BCUT2D eigenvalue weighted by Gasteiger charge is 2.10. The van der Waals surface area contributed by atoms with Gasteiger partial charge in [-0.25, -0.2) is 9.78 Å². The van der Waals surface area contributed by atoms with Gasteiger partial charge in [-0.15, -0.1) is 0 Å². The Hall–Kier alpha value is -2.36. The summed E-state index contributed by atoms with van der Waals surface area (Å²) >= 11 is 0. The zero-order valence-corrected chi connectivity index (χ0v) is 10.7. The van der Waals surface area contributed by atoms with Crippen LogP contribution in [0.3, 0.4) is 0 Å². The van der Waals surface area contributed by atoms with Crippen molar-refractivity contribution in [2.75, 3.05) is 5.32 Å². The first kappa shape index (κ1) is 13.1. The van der Waals surface area contributed by atoms with E-state index in [9.17, 15) is 4.79 Å². The molecule has 0 fully saturated rings. The Morgan fingerprint density at radius 1 is 1.32 bits per heavy atom. The standard InChI is InChI=1S/C15H16N2O2/c1-2-13(11-6-4-3-5-7-11)17-12-8-9-16-14(10-12)15(18)19/h3-10,13H,2H2,1H3,(H,16,17)(H,18,19). The molecular weight excluding hydrogens is 240 g/mol. The first-order valence-electron chi connectivity index (χ1n) is 6.21. The molecule has 0 radical (unpaired) electrons. The SMILES string of the molecule is CCC(Nc1ccnc(C(=O)O)c1)c1ccccc1. The molecule has 1 aromatic heterocycles. The zero-order chi connectivity index (χ0) is 13.7. The fourth-order valence-electron chi connectivity index (χ4n) is 1.94. The molecule has 19 heavy (non-hydrogen) atoms. The fraction of sp³-hybridized carbons (Fsp3) is 0.200. The van der Waals surface area contributed by atoms with E-state index in [1.807, 2.05) is 18.2 Å². The van der Waals surface area contributed by atoms with E-state index in [-0.39, 0.29) is 11.7 Å². The summed E-state index contributed by atoms with van der Waals surface area (Å²) in [6, 6.07) is 13.6. The van der Waals surface area contributed by atoms with E-state index >= 15 is 0 Å². The molecule has 1 atom stereocenters. The number of hydrogen-bond acceptors (Lipinski definition) is 3. The Labute approximate surface area is 112 Å². The molecule has 2 rings (SSSR count). The van der Waals surface area contributed by atoms with Crippen LogP contribution in [0, 0.1) is 0 Å². The first-order chi connectivity index (χ1) is 9.20. The van der Waals surface area contributed by atoms with Crippen molar-refractivity contribution in [2.24, 2.45) is 0 Å². The lowest BCUT2D eigenvalue weighted by atomic mass is 10.0. The molecule has 0 spiro atoms. The number of anilines is 1. The number of nitrogens with one attached hydrogen (secondary N) is 1. The summed E-state index contributed by atoms with van der Waals surface area (Å²) < 4.78 is 0. The second-order valence-electron chi connectivity index (χ2n) is 4.25. The Morgan fingerprint density at radius 3 is 2.68 bits per heavy atom. The quantitative estimate of drug-likeness (QED) is 0.861. The Balaban J connectivity index is 2.19. The maximum atomic E-state index is 10.9. The van der Waals surface area contributed by atoms with E-state index in [0.717, 1.165) is 12.1 Å². The van der Waals surface area contributed by atoms with Crippen molar-refractivity contribution in [3.63, 3.8) is 0 Å². The maximum absolute atomic E-state index is 10.9. The third-order valence-corrected chi connectivity index (χ3v) is 2.93. The van der Waals surface area contributed by atoms with E-state index in [1.54, 1.807) is 12.1 Å². The van der Waals surface area contributed by atoms with Crippen LogP contribution in [-0.4, -0.2) is 16.1 Å². The lowest BCUT2D eigenvalue weighted by molar-refractivity contribution is 0.0690. The van der Waals surface area contributed by atoms with Gasteiger partial charge in [0.05, 0.1) is 6.04 Å². The molecule has 0 saturated carbocycles. The molecule has 0 aliphatic carbocycles. The number of benzene rings is 1. The topological polar surface area (TPSA) is 62.2 Å². The third-order valence-electron chi connectivity index (χ3n) is 2.93. The number of carboxylic acid groups (broad SMARTS) is 1. The van der Waals surface area contributed by atoms with Gasteiger partial charge in [-0.05, 0) is 24.1 Å². The van der Waals surface area contributed by atoms with Crippen LogP contribution >= 0.6 is 0 Å². The molecule has 0 aliphatic heterocycles. The number of aromatic carboxylic acids is 1. The van der Waals surface area contributed by atoms with Gasteiger partial charge in [0, 0.05) is 11.9 Å². The lowest BCUT2D eigenvalue weighted by Crippen LogP contribution is -2.10. The van der Waals surface area contributed by atoms with Gasteiger partial charge in [-0.3, -0.25) is 0 Å². The average molecular weight is 256 g/mol. The summed E-state index contributed by atoms with van der Waals surface area (Å²) in [4.78, 5) is 14.7. The predicted octanol–water partition coefficient (Wildman–Crippen LogP) is 3.34. The number of aromatic nitrogens is 1. The van der Waals surface area contributed by atoms with Crippen LogP contribution in [0.1, 0.15) is 35.4 Å². The van der Waals surface area contributed by atoms with Crippen molar-refractivity contribution in [2.45, 2.75) is 19.4 Å². The van der Waals surface area contributed by atoms with Gasteiger partial charge < -0.3 is 10.4 Å². The van der Waals surface area contributed by atoms with Gasteiger partial charge in [0.25, 0.3) is 0 Å². The number of rotatable bonds is 5. The third kappa shape index (κ3) is 3.31. The number of carbonyl (C=O) groups is 1. The van der Waals surface area contributed by atoms with E-state index < -0.39 is 5.97 Å². The van der Waals surface area contributed by atoms with Gasteiger partial charge >= 0.3 is 5.97 Å². The minimum absolute atomic E-state index is 0.0490. The molecule has 0 bridgehead atoms. The molecule has 98 valence electrons. The highest BCUT2D eigenvalue weighted by atomic mass is 16.4. The van der Waals surface area contributed by atoms with Crippen LogP contribution in [0.25, 0.3) is 0 Å². The van der Waals surface area contributed by atoms with Gasteiger partial charge in [0.1, 0.15) is 5.69 Å². The highest BCUT2D eigenvalue weighted by Crippen LogP contribution is 2.22. The van der Waals surface area contributed by atoms with Crippen molar-refractivity contribution in [1.82, 2.24) is 4.98 Å². The second-order valence-corrected chi connectivity index (χ2v) is 4.25. The highest BCUT2D eigenvalue weighted by molar-refractivity contribution is 5.86. The fourth-order valence-corrected chi connectivity index (χ4v) is 1.94. The lowest BCUT2D eigenvalue weighted by Gasteiger charge is -2.18. The number of hydrogen-bond donors (Lipinski definition) is 2. The summed E-state index contributed by atoms with van der Waals surface area (Å²) in [6.07, 6.45) is 2.41. The van der Waals surface area contributed by atoms with Crippen LogP contribution in [0.15, 0.2) is 48.7 Å². The van der Waals surface area contributed by atoms with Crippen LogP contribution < -0.4 is 5.32 Å². The molecule has 2 N–H and O–H groups in total. The number of pyridine rings is 1. The van der Waals surface area contributed by atoms with Crippen LogP contribution in [0.5, 0.6) is 0 Å². The van der Waals surface area contributed by atoms with E-state index in [1.165, 1.54) is 11.8 Å². The smallest absolute Gasteiger partial charge is 0.354 e. The van der Waals surface area contributed by atoms with Gasteiger partial charge in [-0.2, -0.15) is 0 Å². The summed E-state index contributed by atoms with van der Waals surface area (Å²) in [7, 11) is 0.